The van der Waals surface area contributed by atoms with Gasteiger partial charge in [0, 0.05) is 0 Å². The van der Waals surface area contributed by atoms with E-state index < -0.39 is 12.0 Å². The molecule has 7 nitrogen and oxygen atoms in total. The number of esters is 1. The number of benzene rings is 1. The van der Waals surface area contributed by atoms with Crippen LogP contribution in [0.3, 0.4) is 0 Å². The van der Waals surface area contributed by atoms with E-state index in [0.29, 0.717) is 5.75 Å². The topological polar surface area (TPSA) is 93.3 Å². The molecule has 27 heavy (non-hydrogen) atoms. The molecule has 140 valence electrons. The lowest BCUT2D eigenvalue weighted by molar-refractivity contribution is -0.141. The van der Waals surface area contributed by atoms with Gasteiger partial charge in [-0.15, -0.1) is 11.3 Å². The fourth-order valence-electron chi connectivity index (χ4n) is 2.57. The minimum Gasteiger partial charge on any atom is -0.497 e. The number of aromatic amines is 1. The summed E-state index contributed by atoms with van der Waals surface area (Å²) >= 11 is 1.55. The molecule has 0 saturated heterocycles. The third-order valence-electron chi connectivity index (χ3n) is 4.02. The van der Waals surface area contributed by atoms with Crippen LogP contribution in [0.15, 0.2) is 47.8 Å². The molecule has 1 atom stereocenters. The number of hydrogen-bond donors (Lipinski definition) is 2. The quantitative estimate of drug-likeness (QED) is 0.609. The smallest absolute Gasteiger partial charge is 0.307 e. The minimum atomic E-state index is -0.544. The van der Waals surface area contributed by atoms with Crippen molar-refractivity contribution in [1.82, 2.24) is 15.5 Å². The highest BCUT2D eigenvalue weighted by atomic mass is 32.1. The summed E-state index contributed by atoms with van der Waals surface area (Å²) in [5.74, 6) is -0.106. The van der Waals surface area contributed by atoms with Gasteiger partial charge < -0.3 is 14.8 Å². The van der Waals surface area contributed by atoms with E-state index >= 15 is 0 Å². The number of hydrogen-bond acceptors (Lipinski definition) is 6. The second kappa shape index (κ2) is 8.50. The number of nitrogens with zero attached hydrogens (tertiary/aromatic N) is 1. The number of aromatic nitrogens is 2. The highest BCUT2D eigenvalue weighted by molar-refractivity contribution is 7.13. The van der Waals surface area contributed by atoms with Crippen LogP contribution in [0, 0.1) is 0 Å². The number of amides is 1. The Morgan fingerprint density at radius 2 is 2.00 bits per heavy atom. The normalized spacial score (nSPS) is 11.6. The van der Waals surface area contributed by atoms with Crippen molar-refractivity contribution < 1.29 is 19.1 Å². The first-order valence-electron chi connectivity index (χ1n) is 8.21. The van der Waals surface area contributed by atoms with Crippen LogP contribution in [-0.2, 0) is 9.53 Å². The second-order valence-corrected chi connectivity index (χ2v) is 6.67. The van der Waals surface area contributed by atoms with Crippen molar-refractivity contribution in [2.24, 2.45) is 0 Å². The molecule has 0 saturated carbocycles. The van der Waals surface area contributed by atoms with Crippen LogP contribution in [0.1, 0.15) is 28.5 Å². The Hall–Kier alpha value is -3.13. The van der Waals surface area contributed by atoms with Crippen LogP contribution in [-0.4, -0.2) is 36.3 Å². The van der Waals surface area contributed by atoms with Crippen LogP contribution in [0.4, 0.5) is 0 Å². The number of rotatable bonds is 7. The predicted octanol–water partition coefficient (Wildman–Crippen LogP) is 3.18. The van der Waals surface area contributed by atoms with Gasteiger partial charge in [-0.05, 0) is 35.2 Å². The molecular weight excluding hydrogens is 366 g/mol. The summed E-state index contributed by atoms with van der Waals surface area (Å²) in [5.41, 5.74) is 1.79. The maximum Gasteiger partial charge on any atom is 0.307 e. The van der Waals surface area contributed by atoms with Gasteiger partial charge in [0.25, 0.3) is 5.91 Å². The Labute approximate surface area is 160 Å². The number of nitrogens with one attached hydrogen (secondary N) is 2. The first-order chi connectivity index (χ1) is 13.1. The SMILES string of the molecule is COC(=O)CC(NC(=O)c1cc(-c2cccs2)[nH]n1)c1ccc(OC)cc1. The molecule has 0 spiro atoms. The zero-order valence-corrected chi connectivity index (χ0v) is 15.7. The van der Waals surface area contributed by atoms with Crippen molar-refractivity contribution in [1.29, 1.82) is 0 Å². The Bertz CT molecular complexity index is 903. The summed E-state index contributed by atoms with van der Waals surface area (Å²) in [6.07, 6.45) is 0.0107. The summed E-state index contributed by atoms with van der Waals surface area (Å²) < 4.78 is 9.90. The molecule has 0 aliphatic rings. The Balaban J connectivity index is 1.78. The number of ether oxygens (including phenoxy) is 2. The Morgan fingerprint density at radius 1 is 1.22 bits per heavy atom. The Morgan fingerprint density at radius 3 is 2.63 bits per heavy atom. The van der Waals surface area contributed by atoms with E-state index in [-0.39, 0.29) is 18.0 Å². The zero-order chi connectivity index (χ0) is 19.2. The van der Waals surface area contributed by atoms with Crippen LogP contribution in [0.25, 0.3) is 10.6 Å². The fourth-order valence-corrected chi connectivity index (χ4v) is 3.26. The number of carbonyl (C=O) groups excluding carboxylic acids is 2. The number of methoxy groups -OCH3 is 2. The van der Waals surface area contributed by atoms with Gasteiger partial charge in [0.2, 0.25) is 0 Å². The van der Waals surface area contributed by atoms with Gasteiger partial charge in [0.15, 0.2) is 5.69 Å². The third kappa shape index (κ3) is 4.53. The van der Waals surface area contributed by atoms with Crippen molar-refractivity contribution in [3.8, 4) is 16.3 Å². The number of carbonyl (C=O) groups is 2. The molecule has 3 aromatic rings. The minimum absolute atomic E-state index is 0.0107. The van der Waals surface area contributed by atoms with Crippen molar-refractivity contribution in [2.45, 2.75) is 12.5 Å². The predicted molar refractivity (Wildman–Crippen MR) is 102 cm³/mol. The third-order valence-corrected chi connectivity index (χ3v) is 4.92. The van der Waals surface area contributed by atoms with Crippen LogP contribution in [0.2, 0.25) is 0 Å². The molecule has 3 rings (SSSR count). The van der Waals surface area contributed by atoms with Crippen molar-refractivity contribution in [2.75, 3.05) is 14.2 Å². The van der Waals surface area contributed by atoms with E-state index in [1.54, 1.807) is 48.8 Å². The molecule has 1 aromatic carbocycles. The van der Waals surface area contributed by atoms with Gasteiger partial charge in [-0.3, -0.25) is 14.7 Å². The monoisotopic (exact) mass is 385 g/mol. The van der Waals surface area contributed by atoms with Crippen molar-refractivity contribution >= 4 is 23.2 Å². The molecule has 1 amide bonds. The maximum atomic E-state index is 12.6. The summed E-state index contributed by atoms with van der Waals surface area (Å²) in [7, 11) is 2.89. The van der Waals surface area contributed by atoms with Crippen molar-refractivity contribution in [3.05, 3.63) is 59.1 Å². The van der Waals surface area contributed by atoms with Gasteiger partial charge in [0.1, 0.15) is 5.75 Å². The van der Waals surface area contributed by atoms with Crippen LogP contribution < -0.4 is 10.1 Å². The largest absolute Gasteiger partial charge is 0.497 e. The molecule has 2 N–H and O–H groups in total. The number of thiophene rings is 1. The molecule has 0 radical (unpaired) electrons. The van der Waals surface area contributed by atoms with Crippen molar-refractivity contribution in [3.63, 3.8) is 0 Å². The molecular formula is C19H19N3O4S. The van der Waals surface area contributed by atoms with Crippen LogP contribution >= 0.6 is 11.3 Å². The molecule has 0 fully saturated rings. The van der Waals surface area contributed by atoms with Gasteiger partial charge in [-0.1, -0.05) is 18.2 Å². The van der Waals surface area contributed by atoms with Gasteiger partial charge in [-0.25, -0.2) is 0 Å². The number of H-pyrrole nitrogens is 1. The average Bonchev–Trinajstić information content (AvgIpc) is 3.38. The lowest BCUT2D eigenvalue weighted by atomic mass is 10.0. The fraction of sp³-hybridized carbons (Fsp3) is 0.211. The highest BCUT2D eigenvalue weighted by Crippen LogP contribution is 2.24. The van der Waals surface area contributed by atoms with Gasteiger partial charge >= 0.3 is 5.97 Å². The summed E-state index contributed by atoms with van der Waals surface area (Å²) in [6, 6.07) is 12.2. The molecule has 0 bridgehead atoms. The summed E-state index contributed by atoms with van der Waals surface area (Å²) in [5, 5.41) is 11.7. The van der Waals surface area contributed by atoms with E-state index in [9.17, 15) is 9.59 Å². The summed E-state index contributed by atoms with van der Waals surface area (Å²) in [6.45, 7) is 0. The zero-order valence-electron chi connectivity index (χ0n) is 14.9. The molecule has 0 aliphatic carbocycles. The van der Waals surface area contributed by atoms with Crippen LogP contribution in [0.5, 0.6) is 5.75 Å². The summed E-state index contributed by atoms with van der Waals surface area (Å²) in [4.78, 5) is 25.4. The van der Waals surface area contributed by atoms with E-state index in [4.69, 9.17) is 9.47 Å². The highest BCUT2D eigenvalue weighted by Gasteiger charge is 2.21. The average molecular weight is 385 g/mol. The Kier molecular flexibility index (Phi) is 5.87. The van der Waals surface area contributed by atoms with E-state index in [1.165, 1.54) is 7.11 Å². The standard InChI is InChI=1S/C19H19N3O4S/c1-25-13-7-5-12(6-8-13)14(11-18(23)26-2)20-19(24)16-10-15(21-22-16)17-4-3-9-27-17/h3-10,14H,11H2,1-2H3,(H,20,24)(H,21,22). The van der Waals surface area contributed by atoms with Gasteiger partial charge in [-0.2, -0.15) is 5.10 Å². The van der Waals surface area contributed by atoms with Gasteiger partial charge in [0.05, 0.1) is 37.3 Å². The molecule has 8 heteroatoms. The molecule has 2 heterocycles. The first-order valence-corrected chi connectivity index (χ1v) is 9.09. The lowest BCUT2D eigenvalue weighted by Gasteiger charge is -2.18. The van der Waals surface area contributed by atoms with E-state index in [0.717, 1.165) is 16.1 Å². The van der Waals surface area contributed by atoms with E-state index in [1.807, 2.05) is 17.5 Å². The maximum absolute atomic E-state index is 12.6. The first kappa shape index (κ1) is 18.7. The lowest BCUT2D eigenvalue weighted by Crippen LogP contribution is -2.30. The second-order valence-electron chi connectivity index (χ2n) is 5.72. The molecule has 2 aromatic heterocycles. The molecule has 0 aliphatic heterocycles. The molecule has 1 unspecified atom stereocenters. The van der Waals surface area contributed by atoms with E-state index in [2.05, 4.69) is 15.5 Å².